The predicted molar refractivity (Wildman–Crippen MR) is 80.5 cm³/mol. The Hall–Kier alpha value is -1.02. The van der Waals surface area contributed by atoms with Crippen LogP contribution in [-0.4, -0.2) is 13.2 Å². The van der Waals surface area contributed by atoms with Crippen molar-refractivity contribution >= 4 is 0 Å². The standard InChI is InChI=1S/C17H27NO/c1-12-9-13(2)11-16(10-12)18-14(3)15-5-7-17(19-4)8-6-15/h5-8,12-14,16,18H,9-11H2,1-4H3. The number of nitrogens with one attached hydrogen (secondary N) is 1. The van der Waals surface area contributed by atoms with E-state index in [-0.39, 0.29) is 0 Å². The fraction of sp³-hybridized carbons (Fsp3) is 0.647. The molecule has 1 fully saturated rings. The topological polar surface area (TPSA) is 21.3 Å². The smallest absolute Gasteiger partial charge is 0.118 e. The first-order valence-electron chi connectivity index (χ1n) is 7.48. The van der Waals surface area contributed by atoms with Gasteiger partial charge in [-0.25, -0.2) is 0 Å². The molecule has 1 N–H and O–H groups in total. The minimum absolute atomic E-state index is 0.411. The monoisotopic (exact) mass is 261 g/mol. The minimum Gasteiger partial charge on any atom is -0.497 e. The molecule has 0 saturated heterocycles. The maximum absolute atomic E-state index is 5.21. The van der Waals surface area contributed by atoms with Crippen LogP contribution in [0.4, 0.5) is 0 Å². The molecule has 1 aliphatic carbocycles. The maximum atomic E-state index is 5.21. The van der Waals surface area contributed by atoms with Crippen molar-refractivity contribution in [3.8, 4) is 5.75 Å². The van der Waals surface area contributed by atoms with Crippen molar-refractivity contribution in [2.45, 2.75) is 52.1 Å². The van der Waals surface area contributed by atoms with Gasteiger partial charge in [-0.05, 0) is 55.7 Å². The molecule has 2 rings (SSSR count). The molecule has 1 saturated carbocycles. The highest BCUT2D eigenvalue weighted by Gasteiger charge is 2.24. The van der Waals surface area contributed by atoms with Gasteiger partial charge in [-0.2, -0.15) is 0 Å². The highest BCUT2D eigenvalue weighted by molar-refractivity contribution is 5.28. The molecule has 3 atom stereocenters. The van der Waals surface area contributed by atoms with E-state index in [0.717, 1.165) is 17.6 Å². The lowest BCUT2D eigenvalue weighted by atomic mass is 9.80. The third-order valence-electron chi connectivity index (χ3n) is 4.28. The van der Waals surface area contributed by atoms with E-state index in [2.05, 4.69) is 38.2 Å². The van der Waals surface area contributed by atoms with Gasteiger partial charge in [-0.1, -0.05) is 26.0 Å². The van der Waals surface area contributed by atoms with Crippen molar-refractivity contribution in [2.75, 3.05) is 7.11 Å². The lowest BCUT2D eigenvalue weighted by Gasteiger charge is -2.34. The van der Waals surface area contributed by atoms with Gasteiger partial charge in [-0.3, -0.25) is 0 Å². The molecule has 0 aromatic heterocycles. The van der Waals surface area contributed by atoms with Crippen molar-refractivity contribution < 1.29 is 4.74 Å². The first-order chi connectivity index (χ1) is 9.08. The number of hydrogen-bond acceptors (Lipinski definition) is 2. The number of rotatable bonds is 4. The van der Waals surface area contributed by atoms with E-state index in [1.54, 1.807) is 7.11 Å². The van der Waals surface area contributed by atoms with Gasteiger partial charge < -0.3 is 10.1 Å². The summed E-state index contributed by atoms with van der Waals surface area (Å²) in [7, 11) is 1.71. The van der Waals surface area contributed by atoms with Gasteiger partial charge in [0, 0.05) is 12.1 Å². The third kappa shape index (κ3) is 3.97. The minimum atomic E-state index is 0.411. The summed E-state index contributed by atoms with van der Waals surface area (Å²) < 4.78 is 5.21. The molecule has 0 spiro atoms. The predicted octanol–water partition coefficient (Wildman–Crippen LogP) is 4.17. The zero-order chi connectivity index (χ0) is 13.8. The zero-order valence-electron chi connectivity index (χ0n) is 12.6. The molecule has 2 nitrogen and oxygen atoms in total. The molecule has 3 unspecified atom stereocenters. The second kappa shape index (κ2) is 6.42. The summed E-state index contributed by atoms with van der Waals surface area (Å²) >= 11 is 0. The Balaban J connectivity index is 1.93. The fourth-order valence-electron chi connectivity index (χ4n) is 3.43. The molecule has 1 aliphatic rings. The van der Waals surface area contributed by atoms with Gasteiger partial charge in [0.2, 0.25) is 0 Å². The zero-order valence-corrected chi connectivity index (χ0v) is 12.6. The second-order valence-corrected chi connectivity index (χ2v) is 6.28. The molecular formula is C17H27NO. The van der Waals surface area contributed by atoms with E-state index in [0.29, 0.717) is 12.1 Å². The molecule has 2 heteroatoms. The Labute approximate surface area is 117 Å². The van der Waals surface area contributed by atoms with Crippen LogP contribution in [0.15, 0.2) is 24.3 Å². The van der Waals surface area contributed by atoms with Crippen LogP contribution in [0.1, 0.15) is 51.6 Å². The first kappa shape index (κ1) is 14.4. The molecule has 19 heavy (non-hydrogen) atoms. The van der Waals surface area contributed by atoms with Crippen LogP contribution in [-0.2, 0) is 0 Å². The van der Waals surface area contributed by atoms with E-state index in [9.17, 15) is 0 Å². The fourth-order valence-corrected chi connectivity index (χ4v) is 3.43. The molecule has 0 heterocycles. The van der Waals surface area contributed by atoms with Crippen LogP contribution >= 0.6 is 0 Å². The van der Waals surface area contributed by atoms with E-state index < -0.39 is 0 Å². The van der Waals surface area contributed by atoms with Gasteiger partial charge >= 0.3 is 0 Å². The molecule has 1 aromatic carbocycles. The average molecular weight is 261 g/mol. The van der Waals surface area contributed by atoms with E-state index >= 15 is 0 Å². The summed E-state index contributed by atoms with van der Waals surface area (Å²) in [4.78, 5) is 0. The maximum Gasteiger partial charge on any atom is 0.118 e. The molecule has 1 aromatic rings. The van der Waals surface area contributed by atoms with Gasteiger partial charge in [0.15, 0.2) is 0 Å². The molecule has 0 amide bonds. The number of ether oxygens (including phenoxy) is 1. The van der Waals surface area contributed by atoms with Crippen LogP contribution in [0.3, 0.4) is 0 Å². The van der Waals surface area contributed by atoms with Crippen molar-refractivity contribution in [3.63, 3.8) is 0 Å². The van der Waals surface area contributed by atoms with E-state index in [1.807, 2.05) is 12.1 Å². The Morgan fingerprint density at radius 2 is 1.63 bits per heavy atom. The third-order valence-corrected chi connectivity index (χ3v) is 4.28. The number of hydrogen-bond donors (Lipinski definition) is 1. The molecule has 0 radical (unpaired) electrons. The Morgan fingerprint density at radius 1 is 1.05 bits per heavy atom. The van der Waals surface area contributed by atoms with Crippen molar-refractivity contribution in [3.05, 3.63) is 29.8 Å². The Morgan fingerprint density at radius 3 is 2.16 bits per heavy atom. The molecule has 0 aliphatic heterocycles. The first-order valence-corrected chi connectivity index (χ1v) is 7.48. The number of benzene rings is 1. The van der Waals surface area contributed by atoms with Crippen LogP contribution in [0.2, 0.25) is 0 Å². The van der Waals surface area contributed by atoms with Gasteiger partial charge in [0.1, 0.15) is 5.75 Å². The van der Waals surface area contributed by atoms with Crippen molar-refractivity contribution in [2.24, 2.45) is 11.8 Å². The van der Waals surface area contributed by atoms with Gasteiger partial charge in [0.05, 0.1) is 7.11 Å². The van der Waals surface area contributed by atoms with Gasteiger partial charge in [0.25, 0.3) is 0 Å². The highest BCUT2D eigenvalue weighted by atomic mass is 16.5. The summed E-state index contributed by atoms with van der Waals surface area (Å²) in [5.74, 6) is 2.63. The molecule has 0 bridgehead atoms. The summed E-state index contributed by atoms with van der Waals surface area (Å²) in [6, 6.07) is 9.47. The van der Waals surface area contributed by atoms with Crippen LogP contribution < -0.4 is 10.1 Å². The largest absolute Gasteiger partial charge is 0.497 e. The second-order valence-electron chi connectivity index (χ2n) is 6.28. The number of methoxy groups -OCH3 is 1. The van der Waals surface area contributed by atoms with Gasteiger partial charge in [-0.15, -0.1) is 0 Å². The van der Waals surface area contributed by atoms with Crippen LogP contribution in [0.5, 0.6) is 5.75 Å². The Bertz CT molecular complexity index is 377. The summed E-state index contributed by atoms with van der Waals surface area (Å²) in [6.45, 7) is 7.01. The van der Waals surface area contributed by atoms with Crippen LogP contribution in [0, 0.1) is 11.8 Å². The normalized spacial score (nSPS) is 28.9. The summed E-state index contributed by atoms with van der Waals surface area (Å²) in [5, 5.41) is 3.79. The Kier molecular flexibility index (Phi) is 4.87. The average Bonchev–Trinajstić information content (AvgIpc) is 2.37. The molecular weight excluding hydrogens is 234 g/mol. The molecule has 106 valence electrons. The SMILES string of the molecule is COc1ccc(C(C)NC2CC(C)CC(C)C2)cc1. The summed E-state index contributed by atoms with van der Waals surface area (Å²) in [6.07, 6.45) is 4.00. The lowest BCUT2D eigenvalue weighted by Crippen LogP contribution is -2.37. The van der Waals surface area contributed by atoms with E-state index in [4.69, 9.17) is 4.74 Å². The van der Waals surface area contributed by atoms with E-state index in [1.165, 1.54) is 24.8 Å². The quantitative estimate of drug-likeness (QED) is 0.878. The summed E-state index contributed by atoms with van der Waals surface area (Å²) in [5.41, 5.74) is 1.34. The van der Waals surface area contributed by atoms with Crippen molar-refractivity contribution in [1.29, 1.82) is 0 Å². The van der Waals surface area contributed by atoms with Crippen LogP contribution in [0.25, 0.3) is 0 Å². The van der Waals surface area contributed by atoms with Crippen molar-refractivity contribution in [1.82, 2.24) is 5.32 Å². The highest BCUT2D eigenvalue weighted by Crippen LogP contribution is 2.30. The lowest BCUT2D eigenvalue weighted by molar-refractivity contribution is 0.228.